The summed E-state index contributed by atoms with van der Waals surface area (Å²) in [4.78, 5) is 0. The Morgan fingerprint density at radius 3 is 2.47 bits per heavy atom. The lowest BCUT2D eigenvalue weighted by Crippen LogP contribution is -2.26. The van der Waals surface area contributed by atoms with E-state index in [2.05, 4.69) is 5.32 Å². The van der Waals surface area contributed by atoms with Crippen molar-refractivity contribution >= 4 is 21.9 Å². The highest BCUT2D eigenvalue weighted by molar-refractivity contribution is 6.04. The summed E-state index contributed by atoms with van der Waals surface area (Å²) in [7, 11) is 0. The van der Waals surface area contributed by atoms with Crippen LogP contribution in [0, 0.1) is 0 Å². The van der Waals surface area contributed by atoms with Crippen LogP contribution in [0.3, 0.4) is 0 Å². The first-order valence-electron chi connectivity index (χ1n) is 6.66. The molecule has 3 heterocycles. The van der Waals surface area contributed by atoms with E-state index in [4.69, 9.17) is 8.83 Å². The van der Waals surface area contributed by atoms with Crippen LogP contribution < -0.4 is 5.32 Å². The highest BCUT2D eigenvalue weighted by Gasteiger charge is 2.25. The number of nitrogens with one attached hydrogen (secondary N) is 1. The van der Waals surface area contributed by atoms with Crippen LogP contribution in [0.5, 0.6) is 5.75 Å². The molecule has 1 fully saturated rings. The fourth-order valence-electron chi connectivity index (χ4n) is 3.17. The topological polar surface area (TPSA) is 58.5 Å². The zero-order chi connectivity index (χ0) is 12.8. The van der Waals surface area contributed by atoms with E-state index in [0.717, 1.165) is 42.3 Å². The molecule has 0 spiro atoms. The van der Waals surface area contributed by atoms with Gasteiger partial charge in [-0.25, -0.2) is 0 Å². The molecule has 2 aromatic heterocycles. The number of piperidine rings is 1. The number of benzene rings is 1. The fraction of sp³-hybridized carbons (Fsp3) is 0.333. The molecule has 1 aliphatic rings. The maximum atomic E-state index is 10.2. The normalized spacial score (nSPS) is 17.5. The maximum Gasteiger partial charge on any atom is 0.176 e. The Bertz CT molecular complexity index is 683. The minimum atomic E-state index is 0.182. The zero-order valence-electron chi connectivity index (χ0n) is 10.5. The molecule has 4 rings (SSSR count). The van der Waals surface area contributed by atoms with Crippen LogP contribution in [-0.4, -0.2) is 18.2 Å². The molecule has 0 aliphatic carbocycles. The van der Waals surface area contributed by atoms with Crippen molar-refractivity contribution in [1.82, 2.24) is 5.32 Å². The van der Waals surface area contributed by atoms with Gasteiger partial charge in [0.2, 0.25) is 0 Å². The number of aromatic hydroxyl groups is 1. The van der Waals surface area contributed by atoms with Gasteiger partial charge in [-0.05, 0) is 44.0 Å². The average Bonchev–Trinajstić information content (AvgIpc) is 3.09. The summed E-state index contributed by atoms with van der Waals surface area (Å²) in [6.45, 7) is 2.04. The number of hydrogen-bond donors (Lipinski definition) is 2. The second-order valence-corrected chi connectivity index (χ2v) is 5.11. The minimum absolute atomic E-state index is 0.182. The molecule has 0 atom stereocenters. The van der Waals surface area contributed by atoms with E-state index in [1.807, 2.05) is 6.07 Å². The summed E-state index contributed by atoms with van der Waals surface area (Å²) in [6.07, 6.45) is 5.43. The molecular formula is C15H15NO3. The van der Waals surface area contributed by atoms with Crippen LogP contribution in [-0.2, 0) is 0 Å². The Morgan fingerprint density at radius 1 is 1.00 bits per heavy atom. The van der Waals surface area contributed by atoms with Gasteiger partial charge in [-0.3, -0.25) is 0 Å². The van der Waals surface area contributed by atoms with Crippen molar-refractivity contribution in [3.8, 4) is 5.75 Å². The van der Waals surface area contributed by atoms with Gasteiger partial charge in [-0.2, -0.15) is 0 Å². The molecule has 4 heteroatoms. The quantitative estimate of drug-likeness (QED) is 0.702. The third-order valence-electron chi connectivity index (χ3n) is 4.08. The summed E-state index contributed by atoms with van der Waals surface area (Å²) in [5, 5.41) is 15.3. The average molecular weight is 257 g/mol. The Labute approximate surface area is 110 Å². The van der Waals surface area contributed by atoms with Crippen molar-refractivity contribution in [3.05, 3.63) is 30.2 Å². The van der Waals surface area contributed by atoms with Crippen molar-refractivity contribution in [2.24, 2.45) is 0 Å². The lowest BCUT2D eigenvalue weighted by atomic mass is 9.87. The Balaban J connectivity index is 2.06. The lowest BCUT2D eigenvalue weighted by molar-refractivity contribution is 0.456. The highest BCUT2D eigenvalue weighted by Crippen LogP contribution is 2.43. The largest absolute Gasteiger partial charge is 0.504 e. The first-order chi connectivity index (χ1) is 9.36. The van der Waals surface area contributed by atoms with Crippen molar-refractivity contribution in [1.29, 1.82) is 0 Å². The van der Waals surface area contributed by atoms with Gasteiger partial charge < -0.3 is 19.3 Å². The number of rotatable bonds is 1. The van der Waals surface area contributed by atoms with Crippen LogP contribution in [0.1, 0.15) is 24.3 Å². The summed E-state index contributed by atoms with van der Waals surface area (Å²) >= 11 is 0. The molecule has 1 aliphatic heterocycles. The lowest BCUT2D eigenvalue weighted by Gasteiger charge is -2.23. The van der Waals surface area contributed by atoms with Gasteiger partial charge in [0.05, 0.1) is 17.9 Å². The van der Waals surface area contributed by atoms with Crippen LogP contribution in [0.25, 0.3) is 21.9 Å². The van der Waals surface area contributed by atoms with Gasteiger partial charge in [0, 0.05) is 10.9 Å². The molecular weight excluding hydrogens is 242 g/mol. The van der Waals surface area contributed by atoms with E-state index in [1.165, 1.54) is 5.56 Å². The van der Waals surface area contributed by atoms with Crippen molar-refractivity contribution in [3.63, 3.8) is 0 Å². The molecule has 2 N–H and O–H groups in total. The standard InChI is InChI=1S/C15H15NO3/c17-13-11-4-8-18-14(11)12(9-1-5-16-6-2-9)10-3-7-19-15(10)13/h3-4,7-9,16-17H,1-2,5-6H2. The Morgan fingerprint density at radius 2 is 1.68 bits per heavy atom. The number of hydrogen-bond acceptors (Lipinski definition) is 4. The maximum absolute atomic E-state index is 10.2. The third-order valence-corrected chi connectivity index (χ3v) is 4.08. The van der Waals surface area contributed by atoms with Gasteiger partial charge >= 0.3 is 0 Å². The fourth-order valence-corrected chi connectivity index (χ4v) is 3.17. The summed E-state index contributed by atoms with van der Waals surface area (Å²) in [5.74, 6) is 0.636. The Hall–Kier alpha value is -1.94. The third kappa shape index (κ3) is 1.50. The molecule has 3 aromatic rings. The number of phenols is 1. The molecule has 0 bridgehead atoms. The van der Waals surface area contributed by atoms with Crippen molar-refractivity contribution in [2.45, 2.75) is 18.8 Å². The Kier molecular flexibility index (Phi) is 2.32. The second-order valence-electron chi connectivity index (χ2n) is 5.11. The van der Waals surface area contributed by atoms with Crippen LogP contribution >= 0.6 is 0 Å². The zero-order valence-corrected chi connectivity index (χ0v) is 10.5. The predicted octanol–water partition coefficient (Wildman–Crippen LogP) is 3.35. The van der Waals surface area contributed by atoms with Gasteiger partial charge in [-0.1, -0.05) is 0 Å². The van der Waals surface area contributed by atoms with Crippen LogP contribution in [0.2, 0.25) is 0 Å². The molecule has 1 aromatic carbocycles. The van der Waals surface area contributed by atoms with Gasteiger partial charge in [-0.15, -0.1) is 0 Å². The number of fused-ring (bicyclic) bond motifs is 2. The minimum Gasteiger partial charge on any atom is -0.504 e. The van der Waals surface area contributed by atoms with E-state index >= 15 is 0 Å². The van der Waals surface area contributed by atoms with Gasteiger partial charge in [0.15, 0.2) is 11.3 Å². The van der Waals surface area contributed by atoms with E-state index in [-0.39, 0.29) is 5.75 Å². The molecule has 4 nitrogen and oxygen atoms in total. The first-order valence-corrected chi connectivity index (χ1v) is 6.66. The van der Waals surface area contributed by atoms with Crippen molar-refractivity contribution in [2.75, 3.05) is 13.1 Å². The first kappa shape index (κ1) is 10.9. The molecule has 0 amide bonds. The summed E-state index contributed by atoms with van der Waals surface area (Å²) in [5.41, 5.74) is 2.56. The smallest absolute Gasteiger partial charge is 0.176 e. The number of phenolic OH excluding ortho intramolecular Hbond substituents is 1. The van der Waals surface area contributed by atoms with E-state index < -0.39 is 0 Å². The SMILES string of the molecule is Oc1c2ccoc2c(C2CCNCC2)c2ccoc12. The van der Waals surface area contributed by atoms with E-state index in [0.29, 0.717) is 11.5 Å². The molecule has 0 saturated carbocycles. The monoisotopic (exact) mass is 257 g/mol. The van der Waals surface area contributed by atoms with Crippen LogP contribution in [0.15, 0.2) is 33.5 Å². The molecule has 19 heavy (non-hydrogen) atoms. The van der Waals surface area contributed by atoms with Crippen LogP contribution in [0.4, 0.5) is 0 Å². The van der Waals surface area contributed by atoms with Gasteiger partial charge in [0.1, 0.15) is 5.58 Å². The number of furan rings is 2. The van der Waals surface area contributed by atoms with Gasteiger partial charge in [0.25, 0.3) is 0 Å². The molecule has 0 radical (unpaired) electrons. The van der Waals surface area contributed by atoms with E-state index in [1.54, 1.807) is 18.6 Å². The predicted molar refractivity (Wildman–Crippen MR) is 72.5 cm³/mol. The van der Waals surface area contributed by atoms with E-state index in [9.17, 15) is 5.11 Å². The van der Waals surface area contributed by atoms with Crippen molar-refractivity contribution < 1.29 is 13.9 Å². The molecule has 0 unspecified atom stereocenters. The molecule has 98 valence electrons. The summed E-state index contributed by atoms with van der Waals surface area (Å²) < 4.78 is 11.1. The molecule has 1 saturated heterocycles. The summed E-state index contributed by atoms with van der Waals surface area (Å²) in [6, 6.07) is 3.73. The highest BCUT2D eigenvalue weighted by atomic mass is 16.4. The second kappa shape index (κ2) is 4.03.